The van der Waals surface area contributed by atoms with Crippen molar-refractivity contribution in [3.8, 4) is 28.5 Å². The first-order valence-corrected chi connectivity index (χ1v) is 10.5. The number of carbonyl (C=O) groups is 1. The number of amides is 1. The van der Waals surface area contributed by atoms with E-state index in [0.717, 1.165) is 5.56 Å². The van der Waals surface area contributed by atoms with Crippen LogP contribution < -0.4 is 10.1 Å². The fraction of sp³-hybridized carbons (Fsp3) is 0.0800. The lowest BCUT2D eigenvalue weighted by Crippen LogP contribution is -2.30. The summed E-state index contributed by atoms with van der Waals surface area (Å²) in [5.74, 6) is -0.375. The molecule has 3 aromatic heterocycles. The highest BCUT2D eigenvalue weighted by molar-refractivity contribution is 5.94. The fourth-order valence-electron chi connectivity index (χ4n) is 3.38. The number of hydrogen-bond donors (Lipinski definition) is 1. The van der Waals surface area contributed by atoms with Crippen LogP contribution in [0.15, 0.2) is 85.1 Å². The highest BCUT2D eigenvalue weighted by Crippen LogP contribution is 2.23. The van der Waals surface area contributed by atoms with E-state index in [1.165, 1.54) is 12.1 Å². The second-order valence-corrected chi connectivity index (χ2v) is 7.49. The molecule has 168 valence electrons. The maximum absolute atomic E-state index is 13.8. The molecule has 0 aliphatic carbocycles. The van der Waals surface area contributed by atoms with Gasteiger partial charge in [0, 0.05) is 17.4 Å². The number of benzene rings is 2. The summed E-state index contributed by atoms with van der Waals surface area (Å²) in [6, 6.07) is 22.4. The molecule has 0 fully saturated rings. The number of para-hydroxylation sites is 1. The van der Waals surface area contributed by atoms with Crippen LogP contribution in [0, 0.1) is 5.82 Å². The number of aromatic nitrogens is 5. The normalized spacial score (nSPS) is 11.8. The number of nitrogens with zero attached hydrogens (tertiary/aromatic N) is 5. The molecule has 2 aromatic carbocycles. The second kappa shape index (κ2) is 9.07. The fourth-order valence-corrected chi connectivity index (χ4v) is 3.38. The van der Waals surface area contributed by atoms with Crippen LogP contribution in [-0.4, -0.2) is 36.8 Å². The monoisotopic (exact) mass is 454 g/mol. The van der Waals surface area contributed by atoms with Crippen molar-refractivity contribution < 1.29 is 13.9 Å². The Morgan fingerprint density at radius 1 is 0.971 bits per heavy atom. The zero-order valence-corrected chi connectivity index (χ0v) is 18.1. The smallest absolute Gasteiger partial charge is 0.265 e. The molecule has 0 bridgehead atoms. The first-order valence-electron chi connectivity index (χ1n) is 10.5. The van der Waals surface area contributed by atoms with Gasteiger partial charge in [-0.15, -0.1) is 10.2 Å². The van der Waals surface area contributed by atoms with Crippen LogP contribution >= 0.6 is 0 Å². The molecule has 5 rings (SSSR count). The summed E-state index contributed by atoms with van der Waals surface area (Å²) in [6.07, 6.45) is 0.788. The summed E-state index contributed by atoms with van der Waals surface area (Å²) in [5.41, 5.74) is 3.25. The Balaban J connectivity index is 1.37. The van der Waals surface area contributed by atoms with E-state index in [4.69, 9.17) is 4.74 Å². The van der Waals surface area contributed by atoms with Crippen LogP contribution in [0.2, 0.25) is 0 Å². The van der Waals surface area contributed by atoms with Crippen molar-refractivity contribution in [2.45, 2.75) is 13.0 Å². The zero-order chi connectivity index (χ0) is 23.5. The van der Waals surface area contributed by atoms with E-state index in [2.05, 4.69) is 25.6 Å². The van der Waals surface area contributed by atoms with E-state index < -0.39 is 17.8 Å². The number of ether oxygens (including phenoxy) is 1. The molecule has 34 heavy (non-hydrogen) atoms. The zero-order valence-electron chi connectivity index (χ0n) is 18.1. The number of pyridine rings is 1. The van der Waals surface area contributed by atoms with Gasteiger partial charge >= 0.3 is 0 Å². The van der Waals surface area contributed by atoms with Gasteiger partial charge in [-0.25, -0.2) is 4.39 Å². The molecule has 0 saturated carbocycles. The molecule has 9 heteroatoms. The predicted octanol–water partition coefficient (Wildman–Crippen LogP) is 4.40. The van der Waals surface area contributed by atoms with Crippen LogP contribution in [0.5, 0.6) is 5.75 Å². The van der Waals surface area contributed by atoms with Gasteiger partial charge < -0.3 is 10.1 Å². The number of rotatable bonds is 6. The largest absolute Gasteiger partial charge is 0.478 e. The first-order chi connectivity index (χ1) is 16.6. The van der Waals surface area contributed by atoms with Gasteiger partial charge in [0.2, 0.25) is 5.82 Å². The molecule has 1 unspecified atom stereocenters. The van der Waals surface area contributed by atoms with Crippen LogP contribution in [0.4, 0.5) is 10.1 Å². The van der Waals surface area contributed by atoms with Gasteiger partial charge in [0.15, 0.2) is 23.3 Å². The predicted molar refractivity (Wildman–Crippen MR) is 125 cm³/mol. The molecule has 1 atom stereocenters. The van der Waals surface area contributed by atoms with Gasteiger partial charge in [-0.3, -0.25) is 9.78 Å². The molecule has 0 radical (unpaired) electrons. The summed E-state index contributed by atoms with van der Waals surface area (Å²) < 4.78 is 20.9. The van der Waals surface area contributed by atoms with E-state index in [-0.39, 0.29) is 5.75 Å². The third-order valence-electron chi connectivity index (χ3n) is 5.09. The van der Waals surface area contributed by atoms with Crippen LogP contribution in [0.1, 0.15) is 6.92 Å². The standard InChI is InChI=1S/C25H19FN6O2/c1-16(34-22-11-3-2-9-19(22)26)25(33)28-18-8-6-7-17(15-18)20-12-13-23-29-30-24(32(23)31-20)21-10-4-5-14-27-21/h2-16H,1H3,(H,28,33). The minimum Gasteiger partial charge on any atom is -0.478 e. The van der Waals surface area contributed by atoms with Gasteiger partial charge in [-0.2, -0.15) is 9.61 Å². The molecule has 5 aromatic rings. The number of fused-ring (bicyclic) bond motifs is 1. The van der Waals surface area contributed by atoms with E-state index >= 15 is 0 Å². The molecule has 0 saturated heterocycles. The third kappa shape index (κ3) is 4.31. The van der Waals surface area contributed by atoms with Crippen molar-refractivity contribution >= 4 is 17.2 Å². The van der Waals surface area contributed by atoms with E-state index in [0.29, 0.717) is 28.5 Å². The number of carbonyl (C=O) groups excluding carboxylic acids is 1. The quantitative estimate of drug-likeness (QED) is 0.409. The Morgan fingerprint density at radius 2 is 1.82 bits per heavy atom. The number of anilines is 1. The lowest BCUT2D eigenvalue weighted by Gasteiger charge is -2.15. The molecular weight excluding hydrogens is 435 g/mol. The second-order valence-electron chi connectivity index (χ2n) is 7.49. The van der Waals surface area contributed by atoms with Crippen molar-refractivity contribution in [3.05, 3.63) is 90.9 Å². The maximum atomic E-state index is 13.8. The number of hydrogen-bond acceptors (Lipinski definition) is 6. The van der Waals surface area contributed by atoms with Crippen molar-refractivity contribution in [1.82, 2.24) is 24.8 Å². The highest BCUT2D eigenvalue weighted by atomic mass is 19.1. The Kier molecular flexibility index (Phi) is 5.65. The van der Waals surface area contributed by atoms with Gasteiger partial charge in [0.25, 0.3) is 5.91 Å². The minimum atomic E-state index is -0.895. The number of halogens is 1. The summed E-state index contributed by atoms with van der Waals surface area (Å²) in [6.45, 7) is 1.56. The number of nitrogens with one attached hydrogen (secondary N) is 1. The van der Waals surface area contributed by atoms with Gasteiger partial charge in [-0.05, 0) is 55.5 Å². The Bertz CT molecular complexity index is 1470. The van der Waals surface area contributed by atoms with E-state index in [1.807, 2.05) is 42.5 Å². The van der Waals surface area contributed by atoms with Gasteiger partial charge in [0.1, 0.15) is 5.69 Å². The van der Waals surface area contributed by atoms with Crippen LogP contribution in [0.25, 0.3) is 28.4 Å². The minimum absolute atomic E-state index is 0.0223. The lowest BCUT2D eigenvalue weighted by molar-refractivity contribution is -0.122. The summed E-state index contributed by atoms with van der Waals surface area (Å²) >= 11 is 0. The molecule has 1 amide bonds. The molecule has 3 heterocycles. The molecule has 0 aliphatic heterocycles. The van der Waals surface area contributed by atoms with Crippen molar-refractivity contribution in [3.63, 3.8) is 0 Å². The van der Waals surface area contributed by atoms with Crippen molar-refractivity contribution in [2.75, 3.05) is 5.32 Å². The maximum Gasteiger partial charge on any atom is 0.265 e. The first kappa shape index (κ1) is 21.2. The van der Waals surface area contributed by atoms with Crippen molar-refractivity contribution in [2.24, 2.45) is 0 Å². The topological polar surface area (TPSA) is 94.3 Å². The van der Waals surface area contributed by atoms with E-state index in [1.54, 1.807) is 41.9 Å². The summed E-state index contributed by atoms with van der Waals surface area (Å²) in [7, 11) is 0. The van der Waals surface area contributed by atoms with Crippen molar-refractivity contribution in [1.29, 1.82) is 0 Å². The molecule has 0 aliphatic rings. The van der Waals surface area contributed by atoms with Gasteiger partial charge in [-0.1, -0.05) is 30.3 Å². The average Bonchev–Trinajstić information content (AvgIpc) is 3.29. The van der Waals surface area contributed by atoms with E-state index in [9.17, 15) is 9.18 Å². The highest BCUT2D eigenvalue weighted by Gasteiger charge is 2.17. The molecular formula is C25H19FN6O2. The molecule has 1 N–H and O–H groups in total. The Labute approximate surface area is 194 Å². The summed E-state index contributed by atoms with van der Waals surface area (Å²) in [4.78, 5) is 16.9. The summed E-state index contributed by atoms with van der Waals surface area (Å²) in [5, 5.41) is 15.8. The SMILES string of the molecule is CC(Oc1ccccc1F)C(=O)Nc1cccc(-c2ccc3nnc(-c4ccccn4)n3n2)c1. The average molecular weight is 454 g/mol. The Morgan fingerprint density at radius 3 is 2.65 bits per heavy atom. The van der Waals surface area contributed by atoms with Crippen LogP contribution in [-0.2, 0) is 4.79 Å². The lowest BCUT2D eigenvalue weighted by atomic mass is 10.1. The molecule has 0 spiro atoms. The van der Waals surface area contributed by atoms with Crippen LogP contribution in [0.3, 0.4) is 0 Å². The Hall–Kier alpha value is -4.66. The van der Waals surface area contributed by atoms with Gasteiger partial charge in [0.05, 0.1) is 5.69 Å². The molecule has 8 nitrogen and oxygen atoms in total. The third-order valence-corrected chi connectivity index (χ3v) is 5.09.